The van der Waals surface area contributed by atoms with Gasteiger partial charge >= 0.3 is 0 Å². The third kappa shape index (κ3) is 2.38. The van der Waals surface area contributed by atoms with Gasteiger partial charge in [-0.1, -0.05) is 15.9 Å². The normalized spacial score (nSPS) is 14.9. The highest BCUT2D eigenvalue weighted by atomic mass is 79.9. The van der Waals surface area contributed by atoms with Crippen LogP contribution in [0.4, 0.5) is 0 Å². The summed E-state index contributed by atoms with van der Waals surface area (Å²) in [5.41, 5.74) is 8.64. The lowest BCUT2D eigenvalue weighted by Crippen LogP contribution is -2.11. The van der Waals surface area contributed by atoms with Crippen LogP contribution >= 0.6 is 27.3 Å². The lowest BCUT2D eigenvalue weighted by molar-refractivity contribution is 0.352. The van der Waals surface area contributed by atoms with Crippen LogP contribution < -0.4 is 15.2 Å². The number of thiophene rings is 1. The number of nitrogens with two attached hydrogens (primary N) is 1. The molecule has 2 heterocycles. The van der Waals surface area contributed by atoms with Gasteiger partial charge in [0, 0.05) is 26.7 Å². The second-order valence-electron chi connectivity index (χ2n) is 4.45. The third-order valence-corrected chi connectivity index (χ3v) is 4.70. The lowest BCUT2D eigenvalue weighted by Gasteiger charge is -2.15. The first-order valence-corrected chi connectivity index (χ1v) is 7.69. The highest BCUT2D eigenvalue weighted by Crippen LogP contribution is 2.39. The first-order valence-electron chi connectivity index (χ1n) is 6.02. The molecule has 0 amide bonds. The van der Waals surface area contributed by atoms with Crippen molar-refractivity contribution in [1.82, 2.24) is 0 Å². The van der Waals surface area contributed by atoms with Crippen LogP contribution in [-0.4, -0.2) is 13.7 Å². The van der Waals surface area contributed by atoms with E-state index in [1.54, 1.807) is 18.4 Å². The van der Waals surface area contributed by atoms with Crippen molar-refractivity contribution in [2.45, 2.75) is 12.5 Å². The predicted octanol–water partition coefficient (Wildman–Crippen LogP) is 3.50. The Morgan fingerprint density at radius 1 is 1.42 bits per heavy atom. The molecule has 0 fully saturated rings. The predicted molar refractivity (Wildman–Crippen MR) is 80.2 cm³/mol. The van der Waals surface area contributed by atoms with Crippen LogP contribution in [0.25, 0.3) is 0 Å². The van der Waals surface area contributed by atoms with Crippen LogP contribution in [0, 0.1) is 0 Å². The summed E-state index contributed by atoms with van der Waals surface area (Å²) in [6.07, 6.45) is 0.947. The molecule has 2 aromatic rings. The Kier molecular flexibility index (Phi) is 3.52. The molecule has 0 bridgehead atoms. The molecule has 0 saturated heterocycles. The Hall–Kier alpha value is -1.04. The first-order chi connectivity index (χ1) is 9.19. The quantitative estimate of drug-likeness (QED) is 0.930. The molecule has 0 radical (unpaired) electrons. The summed E-state index contributed by atoms with van der Waals surface area (Å²) < 4.78 is 12.0. The molecule has 1 aromatic carbocycles. The maximum Gasteiger partial charge on any atom is 0.129 e. The highest BCUT2D eigenvalue weighted by molar-refractivity contribution is 9.10. The minimum Gasteiger partial charge on any atom is -0.496 e. The van der Waals surface area contributed by atoms with Crippen molar-refractivity contribution in [1.29, 1.82) is 0 Å². The number of rotatable bonds is 3. The van der Waals surface area contributed by atoms with Gasteiger partial charge in [0.15, 0.2) is 0 Å². The number of methoxy groups -OCH3 is 1. The molecule has 3 rings (SSSR count). The Labute approximate surface area is 124 Å². The maximum absolute atomic E-state index is 6.38. The SMILES string of the molecule is COc1csc(C(N)c2cc(Br)cc3c2OCC3)c1. The van der Waals surface area contributed by atoms with Crippen LogP contribution in [-0.2, 0) is 6.42 Å². The van der Waals surface area contributed by atoms with Crippen LogP contribution in [0.1, 0.15) is 22.0 Å². The number of ether oxygens (including phenoxy) is 2. The van der Waals surface area contributed by atoms with E-state index in [4.69, 9.17) is 15.2 Å². The van der Waals surface area contributed by atoms with E-state index in [2.05, 4.69) is 22.0 Å². The van der Waals surface area contributed by atoms with Gasteiger partial charge in [-0.25, -0.2) is 0 Å². The first kappa shape index (κ1) is 13.0. The van der Waals surface area contributed by atoms with Gasteiger partial charge in [0.2, 0.25) is 0 Å². The summed E-state index contributed by atoms with van der Waals surface area (Å²) >= 11 is 5.15. The molecule has 1 aliphatic heterocycles. The minimum absolute atomic E-state index is 0.182. The van der Waals surface area contributed by atoms with Gasteiger partial charge < -0.3 is 15.2 Å². The van der Waals surface area contributed by atoms with E-state index in [1.807, 2.05) is 17.5 Å². The van der Waals surface area contributed by atoms with Gasteiger partial charge in [0.1, 0.15) is 11.5 Å². The fraction of sp³-hybridized carbons (Fsp3) is 0.286. The third-order valence-electron chi connectivity index (χ3n) is 3.25. The smallest absolute Gasteiger partial charge is 0.129 e. The van der Waals surface area contributed by atoms with E-state index in [9.17, 15) is 0 Å². The van der Waals surface area contributed by atoms with Gasteiger partial charge in [-0.2, -0.15) is 0 Å². The molecule has 1 aromatic heterocycles. The van der Waals surface area contributed by atoms with E-state index in [1.165, 1.54) is 5.56 Å². The molecule has 0 aliphatic carbocycles. The van der Waals surface area contributed by atoms with Crippen LogP contribution in [0.3, 0.4) is 0 Å². The molecule has 1 unspecified atom stereocenters. The number of hydrogen-bond acceptors (Lipinski definition) is 4. The number of hydrogen-bond donors (Lipinski definition) is 1. The van der Waals surface area contributed by atoms with Crippen molar-refractivity contribution in [3.8, 4) is 11.5 Å². The standard InChI is InChI=1S/C14H14BrNO2S/c1-17-10-6-12(19-7-10)13(16)11-5-9(15)4-8-2-3-18-14(8)11/h4-7,13H,2-3,16H2,1H3. The van der Waals surface area contributed by atoms with Crippen molar-refractivity contribution >= 4 is 27.3 Å². The second-order valence-corrected chi connectivity index (χ2v) is 6.31. The van der Waals surface area contributed by atoms with E-state index in [-0.39, 0.29) is 6.04 Å². The zero-order chi connectivity index (χ0) is 13.4. The van der Waals surface area contributed by atoms with Crippen LogP contribution in [0.2, 0.25) is 0 Å². The largest absolute Gasteiger partial charge is 0.496 e. The molecular formula is C14H14BrNO2S. The number of benzene rings is 1. The fourth-order valence-electron chi connectivity index (χ4n) is 2.29. The topological polar surface area (TPSA) is 44.5 Å². The molecule has 100 valence electrons. The van der Waals surface area contributed by atoms with Crippen molar-refractivity contribution < 1.29 is 9.47 Å². The molecule has 2 N–H and O–H groups in total. The van der Waals surface area contributed by atoms with Crippen molar-refractivity contribution in [2.24, 2.45) is 5.73 Å². The van der Waals surface area contributed by atoms with Gasteiger partial charge in [0.25, 0.3) is 0 Å². The minimum atomic E-state index is -0.182. The molecule has 0 spiro atoms. The van der Waals surface area contributed by atoms with E-state index < -0.39 is 0 Å². The molecule has 0 saturated carbocycles. The van der Waals surface area contributed by atoms with Gasteiger partial charge in [0.05, 0.1) is 19.8 Å². The Morgan fingerprint density at radius 2 is 2.26 bits per heavy atom. The molecule has 5 heteroatoms. The number of fused-ring (bicyclic) bond motifs is 1. The monoisotopic (exact) mass is 339 g/mol. The fourth-order valence-corrected chi connectivity index (χ4v) is 3.68. The van der Waals surface area contributed by atoms with Gasteiger partial charge in [-0.3, -0.25) is 0 Å². The summed E-state index contributed by atoms with van der Waals surface area (Å²) in [5, 5.41) is 1.97. The summed E-state index contributed by atoms with van der Waals surface area (Å²) in [6, 6.07) is 5.95. The summed E-state index contributed by atoms with van der Waals surface area (Å²) in [6.45, 7) is 0.735. The van der Waals surface area contributed by atoms with E-state index in [0.29, 0.717) is 0 Å². The molecule has 19 heavy (non-hydrogen) atoms. The van der Waals surface area contributed by atoms with Crippen LogP contribution in [0.15, 0.2) is 28.1 Å². The summed E-state index contributed by atoms with van der Waals surface area (Å²) in [5.74, 6) is 1.80. The lowest BCUT2D eigenvalue weighted by atomic mass is 10.0. The average Bonchev–Trinajstić information content (AvgIpc) is 3.04. The van der Waals surface area contributed by atoms with Gasteiger partial charge in [-0.05, 0) is 23.8 Å². The number of halogens is 1. The Morgan fingerprint density at radius 3 is 3.00 bits per heavy atom. The maximum atomic E-state index is 6.38. The van der Waals surface area contributed by atoms with E-state index in [0.717, 1.165) is 39.4 Å². The average molecular weight is 340 g/mol. The van der Waals surface area contributed by atoms with E-state index >= 15 is 0 Å². The second kappa shape index (κ2) is 5.15. The van der Waals surface area contributed by atoms with Crippen molar-refractivity contribution in [3.05, 3.63) is 44.1 Å². The Balaban J connectivity index is 2.02. The Bertz CT molecular complexity index is 611. The van der Waals surface area contributed by atoms with Crippen molar-refractivity contribution in [3.63, 3.8) is 0 Å². The molecule has 3 nitrogen and oxygen atoms in total. The zero-order valence-electron chi connectivity index (χ0n) is 10.5. The zero-order valence-corrected chi connectivity index (χ0v) is 12.9. The van der Waals surface area contributed by atoms with Crippen molar-refractivity contribution in [2.75, 3.05) is 13.7 Å². The molecular weight excluding hydrogens is 326 g/mol. The molecule has 1 aliphatic rings. The van der Waals surface area contributed by atoms with Crippen LogP contribution in [0.5, 0.6) is 11.5 Å². The highest BCUT2D eigenvalue weighted by Gasteiger charge is 2.23. The summed E-state index contributed by atoms with van der Waals surface area (Å²) in [7, 11) is 1.66. The summed E-state index contributed by atoms with van der Waals surface area (Å²) in [4.78, 5) is 1.08. The molecule has 1 atom stereocenters. The van der Waals surface area contributed by atoms with Gasteiger partial charge in [-0.15, -0.1) is 11.3 Å².